The lowest BCUT2D eigenvalue weighted by Crippen LogP contribution is -2.61. The predicted octanol–water partition coefficient (Wildman–Crippen LogP) is -2.00. The Morgan fingerprint density at radius 3 is 1.55 bits per heavy atom. The number of aliphatic imine (C=N–C) groups is 1. The summed E-state index contributed by atoms with van der Waals surface area (Å²) < 4.78 is 0. The highest BCUT2D eigenvalue weighted by Gasteiger charge is 2.35. The third kappa shape index (κ3) is 25.0. The molecule has 28 nitrogen and oxygen atoms in total. The maximum absolute atomic E-state index is 14.6. The molecule has 9 amide bonds. The molecule has 0 unspecified atom stereocenters. The van der Waals surface area contributed by atoms with Crippen LogP contribution in [0.2, 0.25) is 0 Å². The Balaban J connectivity index is 2.54. The molecule has 0 saturated heterocycles. The van der Waals surface area contributed by atoms with Gasteiger partial charge in [-0.2, -0.15) is 0 Å². The number of guanidine groups is 1. The highest BCUT2D eigenvalue weighted by molar-refractivity contribution is 5.98. The molecule has 9 atom stereocenters. The molecule has 0 radical (unpaired) electrons. The molecule has 0 spiro atoms. The van der Waals surface area contributed by atoms with Crippen molar-refractivity contribution >= 4 is 70.8 Å². The quantitative estimate of drug-likeness (QED) is 0.0114. The first-order chi connectivity index (χ1) is 37.8. The number of nitro groups is 1. The summed E-state index contributed by atoms with van der Waals surface area (Å²) in [5, 5.41) is 41.5. The van der Waals surface area contributed by atoms with Gasteiger partial charge in [-0.05, 0) is 76.0 Å². The number of carboxylic acids is 1. The summed E-state index contributed by atoms with van der Waals surface area (Å²) in [6, 6.07) is 1.47. The molecule has 2 aromatic rings. The Bertz CT molecular complexity index is 2440. The van der Waals surface area contributed by atoms with Gasteiger partial charge in [0.25, 0.3) is 5.69 Å². The molecule has 0 bridgehead atoms. The number of nitro benzene ring substituents is 1. The van der Waals surface area contributed by atoms with Crippen molar-refractivity contribution in [3.8, 4) is 0 Å². The number of unbranched alkanes of at least 4 members (excludes halogenated alkanes) is 2. The first-order valence-electron chi connectivity index (χ1n) is 26.5. The maximum Gasteiger partial charge on any atom is 0.303 e. The van der Waals surface area contributed by atoms with E-state index >= 15 is 0 Å². The van der Waals surface area contributed by atoms with E-state index in [-0.39, 0.29) is 55.9 Å². The molecule has 0 fully saturated rings. The average Bonchev–Trinajstić information content (AvgIpc) is 3.40. The highest BCUT2D eigenvalue weighted by atomic mass is 16.6. The van der Waals surface area contributed by atoms with Gasteiger partial charge in [-0.3, -0.25) is 63.1 Å². The van der Waals surface area contributed by atoms with Crippen molar-refractivity contribution in [2.75, 3.05) is 13.1 Å². The zero-order chi connectivity index (χ0) is 60.1. The number of nitrogens with two attached hydrogens (primary N) is 5. The number of aliphatic carboxylic acids is 1. The topological polar surface area (TPSA) is 473 Å². The van der Waals surface area contributed by atoms with Crippen LogP contribution in [0.4, 0.5) is 5.69 Å². The molecule has 2 aromatic carbocycles. The molecular weight excluding hydrogens is 1040 g/mol. The fourth-order valence-electron chi connectivity index (χ4n) is 7.85. The van der Waals surface area contributed by atoms with E-state index in [0.29, 0.717) is 44.2 Å². The first kappa shape index (κ1) is 67.8. The second-order valence-electron chi connectivity index (χ2n) is 19.6. The molecule has 80 heavy (non-hydrogen) atoms. The minimum Gasteiger partial charge on any atom is -0.481 e. The number of non-ortho nitro benzene ring substituents is 1. The Morgan fingerprint density at radius 1 is 0.562 bits per heavy atom. The summed E-state index contributed by atoms with van der Waals surface area (Å²) in [4.78, 5) is 149. The zero-order valence-corrected chi connectivity index (χ0v) is 46.0. The molecule has 0 aliphatic rings. The van der Waals surface area contributed by atoms with Gasteiger partial charge in [0, 0.05) is 37.9 Å². The van der Waals surface area contributed by atoms with Crippen LogP contribution >= 0.6 is 0 Å². The van der Waals surface area contributed by atoms with Crippen LogP contribution in [0.1, 0.15) is 110 Å². The lowest BCUT2D eigenvalue weighted by atomic mass is 9.99. The van der Waals surface area contributed by atoms with Gasteiger partial charge >= 0.3 is 5.97 Å². The van der Waals surface area contributed by atoms with Gasteiger partial charge in [-0.15, -0.1) is 0 Å². The summed E-state index contributed by atoms with van der Waals surface area (Å²) in [5.41, 5.74) is 28.5. The fraction of sp³-hybridized carbons (Fsp3) is 0.558. The van der Waals surface area contributed by atoms with Gasteiger partial charge < -0.3 is 76.3 Å². The number of carbonyl (C=O) groups is 10. The average molecular weight is 1120 g/mol. The summed E-state index contributed by atoms with van der Waals surface area (Å²) in [6.45, 7) is 8.25. The summed E-state index contributed by atoms with van der Waals surface area (Å²) in [5.74, 6) is -9.88. The van der Waals surface area contributed by atoms with E-state index in [1.165, 1.54) is 26.0 Å². The van der Waals surface area contributed by atoms with E-state index in [1.54, 1.807) is 44.2 Å². The van der Waals surface area contributed by atoms with Crippen LogP contribution in [0.5, 0.6) is 0 Å². The molecule has 19 N–H and O–H groups in total. The van der Waals surface area contributed by atoms with Gasteiger partial charge in [0.2, 0.25) is 53.2 Å². The van der Waals surface area contributed by atoms with Crippen molar-refractivity contribution < 1.29 is 58.0 Å². The monoisotopic (exact) mass is 1120 g/mol. The van der Waals surface area contributed by atoms with E-state index in [1.807, 2.05) is 6.92 Å². The van der Waals surface area contributed by atoms with Crippen LogP contribution in [0, 0.1) is 16.0 Å². The SMILES string of the molecule is CCCC[C@H](NC(=O)[C@H](C)NC(=O)[C@H](CCC(=O)O)NC(=O)[C@H](Cc1ccc([N+](=O)[O-])cc1)NC(=O)[C@H](Cc1ccccc1)NC(=O)[C@@H](NC(=O)[C@H](CCCN=C(N)N)NC(=O)[C@H](C)NC(=O)[C@@H](N)CCCCN)C(C)C)C(N)=O. The molecule has 2 rings (SSSR count). The molecule has 0 aliphatic carbocycles. The Labute approximate surface area is 464 Å². The number of carbonyl (C=O) groups excluding carboxylic acids is 9. The number of rotatable bonds is 37. The van der Waals surface area contributed by atoms with Crippen molar-refractivity contribution in [2.24, 2.45) is 39.6 Å². The molecule has 442 valence electrons. The van der Waals surface area contributed by atoms with Crippen molar-refractivity contribution in [3.05, 3.63) is 75.8 Å². The minimum absolute atomic E-state index is 0.0407. The molecule has 28 heteroatoms. The van der Waals surface area contributed by atoms with Gasteiger partial charge in [0.1, 0.15) is 48.3 Å². The third-order valence-electron chi connectivity index (χ3n) is 12.6. The lowest BCUT2D eigenvalue weighted by molar-refractivity contribution is -0.384. The number of primary amides is 1. The Hall–Kier alpha value is -8.27. The second-order valence-corrected chi connectivity index (χ2v) is 19.6. The van der Waals surface area contributed by atoms with Gasteiger partial charge in [0.05, 0.1) is 11.0 Å². The number of hydrogen-bond donors (Lipinski definition) is 14. The lowest BCUT2D eigenvalue weighted by Gasteiger charge is -2.29. The smallest absolute Gasteiger partial charge is 0.303 e. The van der Waals surface area contributed by atoms with E-state index < -0.39 is 137 Å². The normalized spacial score (nSPS) is 14.3. The predicted molar refractivity (Wildman–Crippen MR) is 295 cm³/mol. The third-order valence-corrected chi connectivity index (χ3v) is 12.6. The molecule has 0 heterocycles. The first-order valence-corrected chi connectivity index (χ1v) is 26.5. The van der Waals surface area contributed by atoms with Crippen molar-refractivity contribution in [1.82, 2.24) is 42.5 Å². The molecule has 0 saturated carbocycles. The van der Waals surface area contributed by atoms with Crippen LogP contribution in [0.15, 0.2) is 59.6 Å². The van der Waals surface area contributed by atoms with Crippen LogP contribution in [-0.4, -0.2) is 143 Å². The van der Waals surface area contributed by atoms with Crippen LogP contribution in [0.3, 0.4) is 0 Å². The van der Waals surface area contributed by atoms with Gasteiger partial charge in [-0.1, -0.05) is 82.5 Å². The Kier molecular flexibility index (Phi) is 29.9. The van der Waals surface area contributed by atoms with Gasteiger partial charge in [0.15, 0.2) is 5.96 Å². The summed E-state index contributed by atoms with van der Waals surface area (Å²) >= 11 is 0. The molecule has 0 aromatic heterocycles. The second kappa shape index (κ2) is 35.3. The largest absolute Gasteiger partial charge is 0.481 e. The van der Waals surface area contributed by atoms with Crippen LogP contribution in [-0.2, 0) is 60.8 Å². The van der Waals surface area contributed by atoms with Gasteiger partial charge in [-0.25, -0.2) is 0 Å². The zero-order valence-electron chi connectivity index (χ0n) is 46.0. The molecular formula is C52H81N15O13. The van der Waals surface area contributed by atoms with Crippen LogP contribution in [0.25, 0.3) is 0 Å². The van der Waals surface area contributed by atoms with Crippen LogP contribution < -0.4 is 71.2 Å². The summed E-state index contributed by atoms with van der Waals surface area (Å²) in [6.07, 6.45) is 1.44. The number of carboxylic acid groups (broad SMARTS) is 1. The van der Waals surface area contributed by atoms with Crippen molar-refractivity contribution in [1.29, 1.82) is 0 Å². The van der Waals surface area contributed by atoms with E-state index in [9.17, 15) is 63.2 Å². The van der Waals surface area contributed by atoms with E-state index in [4.69, 9.17) is 28.7 Å². The van der Waals surface area contributed by atoms with E-state index in [2.05, 4.69) is 47.5 Å². The van der Waals surface area contributed by atoms with E-state index in [0.717, 1.165) is 12.1 Å². The number of nitrogens with one attached hydrogen (secondary N) is 8. The number of benzene rings is 2. The van der Waals surface area contributed by atoms with Crippen molar-refractivity contribution in [3.63, 3.8) is 0 Å². The number of nitrogens with zero attached hydrogens (tertiary/aromatic N) is 2. The maximum atomic E-state index is 14.6. The Morgan fingerprint density at radius 2 is 1.04 bits per heavy atom. The highest BCUT2D eigenvalue weighted by Crippen LogP contribution is 2.15. The standard InChI is InChI=1S/C52H81N15O13/c1-6-7-17-36(43(55)70)61-44(71)31(5)60-47(74)38(23-24-41(68)69)63-49(76)39(28-33-19-21-34(22-20-33)67(79)80)64-50(77)40(27-32-14-9-8-10-15-32)65-51(78)42(29(2)3)66-48(75)37(18-13-26-58-52(56)57)62-45(72)30(4)59-46(73)35(54)16-11-12-25-53/h8-10,14-15,19-22,29-31,35-40,42H,6-7,11-13,16-18,23-28,53-54H2,1-5H3,(H2,55,70)(H,59,73)(H,60,74)(H,61,71)(H,62,72)(H,63,76)(H,64,77)(H,65,78)(H,66,75)(H,68,69)(H4,56,57,58)/t30-,31-,35-,36-,37-,38-,39-,40-,42-/m0/s1. The number of amides is 9. The fourth-order valence-corrected chi connectivity index (χ4v) is 7.85. The summed E-state index contributed by atoms with van der Waals surface area (Å²) in [7, 11) is 0. The van der Waals surface area contributed by atoms with Crippen molar-refractivity contribution in [2.45, 2.75) is 166 Å². The minimum atomic E-state index is -1.63. The molecule has 0 aliphatic heterocycles. The number of hydrogen-bond acceptors (Lipinski definition) is 15.